The Balaban J connectivity index is 1.31. The highest BCUT2D eigenvalue weighted by Crippen LogP contribution is 2.27. The number of hydrogen-bond acceptors (Lipinski definition) is 5. The third kappa shape index (κ3) is 4.81. The van der Waals surface area contributed by atoms with E-state index in [1.807, 2.05) is 97.1 Å². The first-order valence-electron chi connectivity index (χ1n) is 11.7. The zero-order valence-corrected chi connectivity index (χ0v) is 21.1. The SMILES string of the molecule is O=c1c2ccccc2nc(-c2cc3ccccc3o2)n1N=Cc1ccc(OCc2ccc(Br)cc2)cc1. The average molecular weight is 550 g/mol. The number of ether oxygens (including phenoxy) is 1. The Kier molecular flexibility index (Phi) is 6.12. The van der Waals surface area contributed by atoms with Gasteiger partial charge >= 0.3 is 0 Å². The van der Waals surface area contributed by atoms with Crippen LogP contribution in [0.5, 0.6) is 5.75 Å². The van der Waals surface area contributed by atoms with Crippen molar-refractivity contribution in [3.8, 4) is 17.3 Å². The standard InChI is InChI=1S/C30H20BrN3O3/c31-23-13-9-21(10-14-23)19-36-24-15-11-20(12-16-24)18-32-34-29(28-17-22-5-1-4-8-27(22)37-28)33-26-7-3-2-6-25(26)30(34)35/h1-18H,19H2. The molecular weight excluding hydrogens is 530 g/mol. The predicted molar refractivity (Wildman–Crippen MR) is 149 cm³/mol. The van der Waals surface area contributed by atoms with Crippen molar-refractivity contribution in [1.82, 2.24) is 9.66 Å². The number of rotatable bonds is 6. The summed E-state index contributed by atoms with van der Waals surface area (Å²) in [5.41, 5.74) is 2.92. The van der Waals surface area contributed by atoms with Gasteiger partial charge in [0.15, 0.2) is 5.76 Å². The second-order valence-electron chi connectivity index (χ2n) is 8.45. The van der Waals surface area contributed by atoms with Crippen LogP contribution in [0.2, 0.25) is 0 Å². The Bertz CT molecular complexity index is 1770. The fourth-order valence-electron chi connectivity index (χ4n) is 4.00. The molecule has 0 aliphatic carbocycles. The van der Waals surface area contributed by atoms with Gasteiger partial charge in [-0.2, -0.15) is 9.78 Å². The van der Waals surface area contributed by atoms with Crippen LogP contribution in [0.15, 0.2) is 122 Å². The largest absolute Gasteiger partial charge is 0.489 e. The molecule has 0 aliphatic rings. The normalized spacial score (nSPS) is 11.5. The number of para-hydroxylation sites is 2. The van der Waals surface area contributed by atoms with Gasteiger partial charge in [-0.05, 0) is 71.8 Å². The van der Waals surface area contributed by atoms with Crippen molar-refractivity contribution >= 4 is 44.0 Å². The van der Waals surface area contributed by atoms with Crippen LogP contribution < -0.4 is 10.3 Å². The molecule has 0 saturated carbocycles. The molecule has 0 saturated heterocycles. The quantitative estimate of drug-likeness (QED) is 0.209. The first-order chi connectivity index (χ1) is 18.1. The van der Waals surface area contributed by atoms with E-state index in [1.165, 1.54) is 4.68 Å². The molecule has 0 amide bonds. The van der Waals surface area contributed by atoms with Crippen LogP contribution in [-0.2, 0) is 6.61 Å². The van der Waals surface area contributed by atoms with Gasteiger partial charge in [0.1, 0.15) is 17.9 Å². The van der Waals surface area contributed by atoms with E-state index >= 15 is 0 Å². The zero-order chi connectivity index (χ0) is 25.2. The predicted octanol–water partition coefficient (Wildman–Crippen LogP) is 7.03. The molecule has 4 aromatic carbocycles. The van der Waals surface area contributed by atoms with Crippen molar-refractivity contribution < 1.29 is 9.15 Å². The minimum atomic E-state index is -0.272. The summed E-state index contributed by atoms with van der Waals surface area (Å²) in [4.78, 5) is 18.1. The molecule has 6 rings (SSSR count). The fraction of sp³-hybridized carbons (Fsp3) is 0.0333. The van der Waals surface area contributed by atoms with Crippen LogP contribution in [0.25, 0.3) is 33.5 Å². The third-order valence-electron chi connectivity index (χ3n) is 5.92. The lowest BCUT2D eigenvalue weighted by atomic mass is 10.2. The molecule has 0 N–H and O–H groups in total. The first kappa shape index (κ1) is 22.9. The van der Waals surface area contributed by atoms with Gasteiger partial charge in [-0.3, -0.25) is 4.79 Å². The summed E-state index contributed by atoms with van der Waals surface area (Å²) < 4.78 is 14.2. The van der Waals surface area contributed by atoms with Crippen molar-refractivity contribution in [3.05, 3.63) is 129 Å². The van der Waals surface area contributed by atoms with Gasteiger partial charge in [-0.15, -0.1) is 0 Å². The molecular formula is C30H20BrN3O3. The second-order valence-corrected chi connectivity index (χ2v) is 9.36. The Morgan fingerprint density at radius 3 is 2.49 bits per heavy atom. The minimum absolute atomic E-state index is 0.272. The van der Waals surface area contributed by atoms with Gasteiger partial charge in [0.05, 0.1) is 17.1 Å². The molecule has 2 aromatic heterocycles. The average Bonchev–Trinajstić information content (AvgIpc) is 3.37. The Hall–Kier alpha value is -4.49. The van der Waals surface area contributed by atoms with Gasteiger partial charge in [0, 0.05) is 9.86 Å². The summed E-state index contributed by atoms with van der Waals surface area (Å²) in [6.45, 7) is 0.472. The molecule has 6 aromatic rings. The second kappa shape index (κ2) is 9.87. The monoisotopic (exact) mass is 549 g/mol. The maximum Gasteiger partial charge on any atom is 0.282 e. The summed E-state index contributed by atoms with van der Waals surface area (Å²) in [7, 11) is 0. The zero-order valence-electron chi connectivity index (χ0n) is 19.5. The van der Waals surface area contributed by atoms with Crippen molar-refractivity contribution in [2.75, 3.05) is 0 Å². The number of fused-ring (bicyclic) bond motifs is 2. The first-order valence-corrected chi connectivity index (χ1v) is 12.5. The van der Waals surface area contributed by atoms with Crippen molar-refractivity contribution in [1.29, 1.82) is 0 Å². The highest BCUT2D eigenvalue weighted by atomic mass is 79.9. The molecule has 0 fully saturated rings. The van der Waals surface area contributed by atoms with E-state index in [2.05, 4.69) is 21.0 Å². The van der Waals surface area contributed by atoms with E-state index in [4.69, 9.17) is 14.1 Å². The maximum atomic E-state index is 13.4. The highest BCUT2D eigenvalue weighted by molar-refractivity contribution is 9.10. The van der Waals surface area contributed by atoms with Crippen LogP contribution in [0.1, 0.15) is 11.1 Å². The molecule has 0 aliphatic heterocycles. The molecule has 6 nitrogen and oxygen atoms in total. The smallest absolute Gasteiger partial charge is 0.282 e. The molecule has 0 radical (unpaired) electrons. The number of halogens is 1. The van der Waals surface area contributed by atoms with Gasteiger partial charge in [-0.25, -0.2) is 4.98 Å². The molecule has 37 heavy (non-hydrogen) atoms. The van der Waals surface area contributed by atoms with Crippen LogP contribution in [-0.4, -0.2) is 15.9 Å². The number of benzene rings is 4. The summed E-state index contributed by atoms with van der Waals surface area (Å²) in [5.74, 6) is 1.55. The fourth-order valence-corrected chi connectivity index (χ4v) is 4.27. The summed E-state index contributed by atoms with van der Waals surface area (Å²) in [5, 5.41) is 5.92. The molecule has 2 heterocycles. The van der Waals surface area contributed by atoms with E-state index in [0.717, 1.165) is 26.7 Å². The Morgan fingerprint density at radius 2 is 1.68 bits per heavy atom. The lowest BCUT2D eigenvalue weighted by molar-refractivity contribution is 0.306. The van der Waals surface area contributed by atoms with E-state index in [9.17, 15) is 4.79 Å². The van der Waals surface area contributed by atoms with E-state index in [-0.39, 0.29) is 5.56 Å². The highest BCUT2D eigenvalue weighted by Gasteiger charge is 2.16. The van der Waals surface area contributed by atoms with Gasteiger partial charge in [0.2, 0.25) is 5.82 Å². The van der Waals surface area contributed by atoms with Crippen LogP contribution >= 0.6 is 15.9 Å². The van der Waals surface area contributed by atoms with Gasteiger partial charge in [0.25, 0.3) is 5.56 Å². The topological polar surface area (TPSA) is 69.6 Å². The summed E-state index contributed by atoms with van der Waals surface area (Å²) in [6.07, 6.45) is 1.63. The molecule has 0 atom stereocenters. The summed E-state index contributed by atoms with van der Waals surface area (Å²) >= 11 is 3.44. The molecule has 7 heteroatoms. The summed E-state index contributed by atoms with van der Waals surface area (Å²) in [6, 6.07) is 32.3. The lowest BCUT2D eigenvalue weighted by Gasteiger charge is -2.08. The van der Waals surface area contributed by atoms with Crippen LogP contribution in [0.4, 0.5) is 0 Å². The Labute approximate surface area is 220 Å². The van der Waals surface area contributed by atoms with E-state index in [1.54, 1.807) is 12.3 Å². The van der Waals surface area contributed by atoms with Crippen molar-refractivity contribution in [3.63, 3.8) is 0 Å². The van der Waals surface area contributed by atoms with Crippen LogP contribution in [0, 0.1) is 0 Å². The molecule has 0 bridgehead atoms. The minimum Gasteiger partial charge on any atom is -0.489 e. The number of hydrogen-bond donors (Lipinski definition) is 0. The Morgan fingerprint density at radius 1 is 0.919 bits per heavy atom. The molecule has 180 valence electrons. The van der Waals surface area contributed by atoms with Crippen LogP contribution in [0.3, 0.4) is 0 Å². The molecule has 0 unspecified atom stereocenters. The van der Waals surface area contributed by atoms with E-state index < -0.39 is 0 Å². The van der Waals surface area contributed by atoms with Crippen molar-refractivity contribution in [2.24, 2.45) is 5.10 Å². The molecule has 0 spiro atoms. The van der Waals surface area contributed by atoms with Gasteiger partial charge in [-0.1, -0.05) is 58.4 Å². The van der Waals surface area contributed by atoms with E-state index in [0.29, 0.717) is 34.7 Å². The third-order valence-corrected chi connectivity index (χ3v) is 6.45. The van der Waals surface area contributed by atoms with Crippen molar-refractivity contribution in [2.45, 2.75) is 6.61 Å². The van der Waals surface area contributed by atoms with Gasteiger partial charge < -0.3 is 9.15 Å². The number of nitrogens with zero attached hydrogens (tertiary/aromatic N) is 3. The number of aromatic nitrogens is 2. The maximum absolute atomic E-state index is 13.4. The number of furan rings is 1. The lowest BCUT2D eigenvalue weighted by Crippen LogP contribution is -2.20.